The second-order valence-corrected chi connectivity index (χ2v) is 6.28. The van der Waals surface area contributed by atoms with Gasteiger partial charge in [0.2, 0.25) is 11.8 Å². The van der Waals surface area contributed by atoms with Gasteiger partial charge in [-0.25, -0.2) is 4.98 Å². The molecule has 1 amide bonds. The topological polar surface area (TPSA) is 55.1 Å². The Morgan fingerprint density at radius 3 is 2.83 bits per heavy atom. The lowest BCUT2D eigenvalue weighted by molar-refractivity contribution is -0.120. The third-order valence-corrected chi connectivity index (χ3v) is 4.39. The van der Waals surface area contributed by atoms with Crippen molar-refractivity contribution >= 4 is 5.91 Å². The van der Waals surface area contributed by atoms with Crippen LogP contribution >= 0.6 is 0 Å². The van der Waals surface area contributed by atoms with Gasteiger partial charge in [0.15, 0.2) is 0 Å². The highest BCUT2D eigenvalue weighted by atomic mass is 16.4. The minimum atomic E-state index is -0.00901. The molecule has 4 nitrogen and oxygen atoms in total. The van der Waals surface area contributed by atoms with Crippen LogP contribution in [-0.2, 0) is 11.2 Å². The zero-order valence-corrected chi connectivity index (χ0v) is 14.2. The molecule has 0 saturated carbocycles. The molecule has 0 fully saturated rings. The normalized spacial score (nSPS) is 14.3. The van der Waals surface area contributed by atoms with E-state index in [1.54, 1.807) is 0 Å². The van der Waals surface area contributed by atoms with E-state index in [1.807, 2.05) is 37.3 Å². The van der Waals surface area contributed by atoms with Crippen LogP contribution in [0.4, 0.5) is 0 Å². The lowest BCUT2D eigenvalue weighted by Gasteiger charge is -2.12. The molecule has 1 aromatic heterocycles. The number of rotatable bonds is 6. The van der Waals surface area contributed by atoms with Crippen molar-refractivity contribution in [3.05, 3.63) is 53.4 Å². The number of aryl methyl sites for hydroxylation is 1. The van der Waals surface area contributed by atoms with Crippen molar-refractivity contribution in [1.29, 1.82) is 0 Å². The summed E-state index contributed by atoms with van der Waals surface area (Å²) in [5, 5.41) is 2.99. The first-order valence-corrected chi connectivity index (χ1v) is 8.68. The Kier molecular flexibility index (Phi) is 5.47. The highest BCUT2D eigenvalue weighted by molar-refractivity contribution is 5.78. The lowest BCUT2D eigenvalue weighted by Crippen LogP contribution is -2.26. The average Bonchev–Trinajstić information content (AvgIpc) is 2.97. The number of hydrogen-bond donors (Lipinski definition) is 1. The van der Waals surface area contributed by atoms with E-state index in [-0.39, 0.29) is 12.3 Å². The molecule has 1 aliphatic carbocycles. The number of carbonyl (C=O) groups excluding carboxylic acids is 1. The van der Waals surface area contributed by atoms with Gasteiger partial charge in [0, 0.05) is 12.1 Å². The molecule has 0 bridgehead atoms. The minimum absolute atomic E-state index is 0.00901. The first-order chi connectivity index (χ1) is 11.7. The van der Waals surface area contributed by atoms with Crippen LogP contribution in [0, 0.1) is 6.92 Å². The maximum absolute atomic E-state index is 12.1. The van der Waals surface area contributed by atoms with Crippen molar-refractivity contribution in [1.82, 2.24) is 10.3 Å². The van der Waals surface area contributed by atoms with Crippen LogP contribution in [0.25, 0.3) is 11.5 Å². The van der Waals surface area contributed by atoms with Crippen LogP contribution in [0.15, 0.2) is 46.4 Å². The van der Waals surface area contributed by atoms with E-state index < -0.39 is 0 Å². The molecule has 1 aromatic carbocycles. The highest BCUT2D eigenvalue weighted by Crippen LogP contribution is 2.22. The molecule has 0 atom stereocenters. The Morgan fingerprint density at radius 2 is 2.08 bits per heavy atom. The first kappa shape index (κ1) is 16.5. The molecule has 0 radical (unpaired) electrons. The zero-order chi connectivity index (χ0) is 16.8. The Hall–Kier alpha value is -2.36. The van der Waals surface area contributed by atoms with Gasteiger partial charge in [0.25, 0.3) is 0 Å². The first-order valence-electron chi connectivity index (χ1n) is 8.68. The number of amides is 1. The summed E-state index contributed by atoms with van der Waals surface area (Å²) in [6.45, 7) is 2.58. The number of allylic oxidation sites excluding steroid dienone is 1. The molecule has 0 saturated heterocycles. The Labute approximate surface area is 143 Å². The standard InChI is InChI=1S/C20H24N2O2/c1-15-18(24-20(22-15)17-10-6-3-7-11-17)14-19(23)21-13-12-16-8-4-2-5-9-16/h3,6-8,10-11H,2,4-5,9,12-14H2,1H3,(H,21,23). The fourth-order valence-corrected chi connectivity index (χ4v) is 3.00. The van der Waals surface area contributed by atoms with Gasteiger partial charge in [-0.15, -0.1) is 0 Å². The fraction of sp³-hybridized carbons (Fsp3) is 0.400. The van der Waals surface area contributed by atoms with Gasteiger partial charge < -0.3 is 9.73 Å². The van der Waals surface area contributed by atoms with Crippen molar-refractivity contribution < 1.29 is 9.21 Å². The second-order valence-electron chi connectivity index (χ2n) is 6.28. The third-order valence-electron chi connectivity index (χ3n) is 4.39. The van der Waals surface area contributed by atoms with Crippen LogP contribution in [0.2, 0.25) is 0 Å². The Morgan fingerprint density at radius 1 is 1.25 bits per heavy atom. The zero-order valence-electron chi connectivity index (χ0n) is 14.2. The molecular formula is C20H24N2O2. The lowest BCUT2D eigenvalue weighted by atomic mass is 9.97. The molecule has 0 unspecified atom stereocenters. The van der Waals surface area contributed by atoms with Gasteiger partial charge >= 0.3 is 0 Å². The smallest absolute Gasteiger partial charge is 0.227 e. The van der Waals surface area contributed by atoms with Crippen LogP contribution in [0.1, 0.15) is 43.6 Å². The largest absolute Gasteiger partial charge is 0.440 e. The minimum Gasteiger partial charge on any atom is -0.440 e. The molecule has 126 valence electrons. The molecule has 24 heavy (non-hydrogen) atoms. The van der Waals surface area contributed by atoms with Crippen LogP contribution in [-0.4, -0.2) is 17.4 Å². The fourth-order valence-electron chi connectivity index (χ4n) is 3.00. The number of aromatic nitrogens is 1. The van der Waals surface area contributed by atoms with Gasteiger partial charge in [-0.2, -0.15) is 0 Å². The predicted octanol–water partition coefficient (Wildman–Crippen LogP) is 4.20. The van der Waals surface area contributed by atoms with Crippen molar-refractivity contribution in [3.63, 3.8) is 0 Å². The Bertz CT molecular complexity index is 716. The van der Waals surface area contributed by atoms with E-state index in [0.717, 1.165) is 17.7 Å². The van der Waals surface area contributed by atoms with Crippen molar-refractivity contribution in [3.8, 4) is 11.5 Å². The number of nitrogens with one attached hydrogen (secondary N) is 1. The van der Waals surface area contributed by atoms with Gasteiger partial charge in [-0.1, -0.05) is 29.8 Å². The van der Waals surface area contributed by atoms with Crippen molar-refractivity contribution in [2.24, 2.45) is 0 Å². The van der Waals surface area contributed by atoms with Gasteiger partial charge in [-0.05, 0) is 51.2 Å². The second kappa shape index (κ2) is 7.95. The Balaban J connectivity index is 1.53. The molecular weight excluding hydrogens is 300 g/mol. The van der Waals surface area contributed by atoms with Crippen LogP contribution in [0.5, 0.6) is 0 Å². The number of benzene rings is 1. The molecule has 3 rings (SSSR count). The van der Waals surface area contributed by atoms with Crippen LogP contribution in [0.3, 0.4) is 0 Å². The van der Waals surface area contributed by atoms with E-state index in [4.69, 9.17) is 4.42 Å². The number of hydrogen-bond acceptors (Lipinski definition) is 3. The van der Waals surface area contributed by atoms with Crippen molar-refractivity contribution in [2.75, 3.05) is 6.54 Å². The SMILES string of the molecule is Cc1nc(-c2ccccc2)oc1CC(=O)NCCC1=CCCCC1. The van der Waals surface area contributed by atoms with Gasteiger partial charge in [-0.3, -0.25) is 4.79 Å². The molecule has 2 aromatic rings. The van der Waals surface area contributed by atoms with E-state index in [0.29, 0.717) is 18.2 Å². The molecule has 4 heteroatoms. The maximum Gasteiger partial charge on any atom is 0.227 e. The molecule has 0 spiro atoms. The van der Waals surface area contributed by atoms with Gasteiger partial charge in [0.05, 0.1) is 12.1 Å². The highest BCUT2D eigenvalue weighted by Gasteiger charge is 2.14. The average molecular weight is 324 g/mol. The predicted molar refractivity (Wildman–Crippen MR) is 94.6 cm³/mol. The molecule has 1 N–H and O–H groups in total. The van der Waals surface area contributed by atoms with Crippen molar-refractivity contribution in [2.45, 2.75) is 45.4 Å². The summed E-state index contributed by atoms with van der Waals surface area (Å²) in [7, 11) is 0. The van der Waals surface area contributed by atoms with E-state index in [2.05, 4.69) is 16.4 Å². The quantitative estimate of drug-likeness (QED) is 0.810. The van der Waals surface area contributed by atoms with E-state index in [1.165, 1.54) is 31.3 Å². The number of carbonyl (C=O) groups is 1. The van der Waals surface area contributed by atoms with E-state index >= 15 is 0 Å². The van der Waals surface area contributed by atoms with Gasteiger partial charge in [0.1, 0.15) is 5.76 Å². The number of nitrogens with zero attached hydrogens (tertiary/aromatic N) is 1. The number of oxazole rings is 1. The van der Waals surface area contributed by atoms with Crippen LogP contribution < -0.4 is 5.32 Å². The maximum atomic E-state index is 12.1. The summed E-state index contributed by atoms with van der Waals surface area (Å²) in [4.78, 5) is 16.6. The summed E-state index contributed by atoms with van der Waals surface area (Å²) in [6.07, 6.45) is 8.45. The molecule has 1 heterocycles. The summed E-state index contributed by atoms with van der Waals surface area (Å²) in [6, 6.07) is 9.75. The summed E-state index contributed by atoms with van der Waals surface area (Å²) in [5.41, 5.74) is 3.18. The summed E-state index contributed by atoms with van der Waals surface area (Å²) in [5.74, 6) is 1.21. The third kappa shape index (κ3) is 4.34. The molecule has 0 aliphatic heterocycles. The summed E-state index contributed by atoms with van der Waals surface area (Å²) >= 11 is 0. The van der Waals surface area contributed by atoms with E-state index in [9.17, 15) is 4.79 Å². The monoisotopic (exact) mass is 324 g/mol. The summed E-state index contributed by atoms with van der Waals surface area (Å²) < 4.78 is 5.78. The molecule has 1 aliphatic rings.